The van der Waals surface area contributed by atoms with E-state index in [-0.39, 0.29) is 0 Å². The maximum absolute atomic E-state index is 4.36. The normalized spacial score (nSPS) is 13.5. The van der Waals surface area contributed by atoms with Crippen molar-refractivity contribution in [1.29, 1.82) is 0 Å². The standard InChI is InChI=1S/C17H16N4/c1-2-6-13(7-3-1)21-12-19-20-17(21)15-8-4-10-16-14(15)9-5-11-18-16/h1-4,6-8,10,12,18H,5,9,11H2. The molecule has 4 heteroatoms. The highest BCUT2D eigenvalue weighted by atomic mass is 15.3. The summed E-state index contributed by atoms with van der Waals surface area (Å²) in [4.78, 5) is 0. The van der Waals surface area contributed by atoms with Gasteiger partial charge >= 0.3 is 0 Å². The first-order valence-electron chi connectivity index (χ1n) is 7.25. The van der Waals surface area contributed by atoms with E-state index in [0.29, 0.717) is 0 Å². The van der Waals surface area contributed by atoms with Gasteiger partial charge in [-0.05, 0) is 36.6 Å². The van der Waals surface area contributed by atoms with Crippen LogP contribution in [0, 0.1) is 0 Å². The summed E-state index contributed by atoms with van der Waals surface area (Å²) in [7, 11) is 0. The van der Waals surface area contributed by atoms with Crippen LogP contribution in [0.1, 0.15) is 12.0 Å². The second kappa shape index (κ2) is 5.05. The fraction of sp³-hybridized carbons (Fsp3) is 0.176. The Bertz CT molecular complexity index is 761. The molecule has 21 heavy (non-hydrogen) atoms. The summed E-state index contributed by atoms with van der Waals surface area (Å²) < 4.78 is 2.05. The van der Waals surface area contributed by atoms with E-state index < -0.39 is 0 Å². The number of hydrogen-bond donors (Lipinski definition) is 1. The van der Waals surface area contributed by atoms with E-state index >= 15 is 0 Å². The Morgan fingerprint density at radius 1 is 1.00 bits per heavy atom. The van der Waals surface area contributed by atoms with Crippen molar-refractivity contribution in [3.8, 4) is 17.1 Å². The van der Waals surface area contributed by atoms with Crippen LogP contribution in [0.25, 0.3) is 17.1 Å². The second-order valence-corrected chi connectivity index (χ2v) is 5.22. The average molecular weight is 276 g/mol. The van der Waals surface area contributed by atoms with Crippen molar-refractivity contribution in [3.05, 3.63) is 60.4 Å². The number of fused-ring (bicyclic) bond motifs is 1. The Morgan fingerprint density at radius 2 is 1.90 bits per heavy atom. The van der Waals surface area contributed by atoms with Gasteiger partial charge in [-0.25, -0.2) is 0 Å². The molecule has 1 aromatic heterocycles. The number of anilines is 1. The molecule has 2 aromatic carbocycles. The van der Waals surface area contributed by atoms with Gasteiger partial charge < -0.3 is 5.32 Å². The van der Waals surface area contributed by atoms with Crippen molar-refractivity contribution in [1.82, 2.24) is 14.8 Å². The lowest BCUT2D eigenvalue weighted by Crippen LogP contribution is -2.13. The smallest absolute Gasteiger partial charge is 0.168 e. The molecule has 0 bridgehead atoms. The molecule has 0 atom stereocenters. The van der Waals surface area contributed by atoms with E-state index in [1.165, 1.54) is 16.8 Å². The first-order valence-corrected chi connectivity index (χ1v) is 7.25. The molecule has 0 unspecified atom stereocenters. The SMILES string of the molecule is c1ccc(-n2cnnc2-c2cccc3c2CCCN3)cc1. The summed E-state index contributed by atoms with van der Waals surface area (Å²) in [6, 6.07) is 16.6. The maximum atomic E-state index is 4.36. The van der Waals surface area contributed by atoms with E-state index in [0.717, 1.165) is 30.9 Å². The summed E-state index contributed by atoms with van der Waals surface area (Å²) in [5.74, 6) is 0.904. The van der Waals surface area contributed by atoms with Crippen LogP contribution in [0.15, 0.2) is 54.9 Å². The predicted molar refractivity (Wildman–Crippen MR) is 83.6 cm³/mol. The van der Waals surface area contributed by atoms with Crippen LogP contribution >= 0.6 is 0 Å². The Hall–Kier alpha value is -2.62. The molecule has 2 heterocycles. The molecule has 4 nitrogen and oxygen atoms in total. The summed E-state index contributed by atoms with van der Waals surface area (Å²) in [6.45, 7) is 1.04. The van der Waals surface area contributed by atoms with Crippen molar-refractivity contribution < 1.29 is 0 Å². The fourth-order valence-electron chi connectivity index (χ4n) is 2.92. The van der Waals surface area contributed by atoms with Crippen molar-refractivity contribution in [2.45, 2.75) is 12.8 Å². The average Bonchev–Trinajstić information content (AvgIpc) is 3.04. The van der Waals surface area contributed by atoms with Crippen molar-refractivity contribution in [2.75, 3.05) is 11.9 Å². The van der Waals surface area contributed by atoms with E-state index in [1.54, 1.807) is 6.33 Å². The number of nitrogens with one attached hydrogen (secondary N) is 1. The summed E-state index contributed by atoms with van der Waals surface area (Å²) in [5, 5.41) is 11.9. The lowest BCUT2D eigenvalue weighted by atomic mass is 9.97. The minimum atomic E-state index is 0.904. The molecule has 1 aliphatic heterocycles. The van der Waals surface area contributed by atoms with Crippen molar-refractivity contribution >= 4 is 5.69 Å². The molecule has 3 aromatic rings. The van der Waals surface area contributed by atoms with E-state index in [9.17, 15) is 0 Å². The topological polar surface area (TPSA) is 42.7 Å². The van der Waals surface area contributed by atoms with Crippen LogP contribution in [-0.2, 0) is 6.42 Å². The lowest BCUT2D eigenvalue weighted by molar-refractivity contribution is 0.829. The molecular formula is C17H16N4. The highest BCUT2D eigenvalue weighted by Gasteiger charge is 2.17. The lowest BCUT2D eigenvalue weighted by Gasteiger charge is -2.20. The Balaban J connectivity index is 1.88. The van der Waals surface area contributed by atoms with Gasteiger partial charge in [-0.3, -0.25) is 4.57 Å². The first-order chi connectivity index (χ1) is 10.4. The molecule has 4 rings (SSSR count). The number of aromatic nitrogens is 3. The highest BCUT2D eigenvalue weighted by Crippen LogP contribution is 2.32. The quantitative estimate of drug-likeness (QED) is 0.781. The van der Waals surface area contributed by atoms with E-state index in [2.05, 4.69) is 45.8 Å². The summed E-state index contributed by atoms with van der Waals surface area (Å²) in [6.07, 6.45) is 4.02. The minimum Gasteiger partial charge on any atom is -0.385 e. The molecule has 0 aliphatic carbocycles. The van der Waals surface area contributed by atoms with Gasteiger partial charge in [-0.1, -0.05) is 30.3 Å². The summed E-state index contributed by atoms with van der Waals surface area (Å²) in [5.41, 5.74) is 4.82. The molecule has 0 fully saturated rings. The van der Waals surface area contributed by atoms with Gasteiger partial charge in [0, 0.05) is 23.5 Å². The molecule has 104 valence electrons. The molecule has 0 saturated heterocycles. The van der Waals surface area contributed by atoms with Crippen LogP contribution in [0.5, 0.6) is 0 Å². The molecule has 1 aliphatic rings. The molecule has 1 N–H and O–H groups in total. The van der Waals surface area contributed by atoms with Gasteiger partial charge in [-0.15, -0.1) is 10.2 Å². The number of benzene rings is 2. The minimum absolute atomic E-state index is 0.904. The third-order valence-electron chi connectivity index (χ3n) is 3.92. The Kier molecular flexibility index (Phi) is 2.92. The Morgan fingerprint density at radius 3 is 2.81 bits per heavy atom. The second-order valence-electron chi connectivity index (χ2n) is 5.22. The maximum Gasteiger partial charge on any atom is 0.168 e. The van der Waals surface area contributed by atoms with Crippen molar-refractivity contribution in [2.24, 2.45) is 0 Å². The predicted octanol–water partition coefficient (Wildman–Crippen LogP) is 3.29. The van der Waals surface area contributed by atoms with Gasteiger partial charge in [-0.2, -0.15) is 0 Å². The highest BCUT2D eigenvalue weighted by molar-refractivity contribution is 5.71. The molecule has 0 saturated carbocycles. The molecule has 0 radical (unpaired) electrons. The largest absolute Gasteiger partial charge is 0.385 e. The zero-order valence-electron chi connectivity index (χ0n) is 11.7. The molecular weight excluding hydrogens is 260 g/mol. The first kappa shape index (κ1) is 12.1. The van der Waals surface area contributed by atoms with Gasteiger partial charge in [0.15, 0.2) is 5.82 Å². The number of nitrogens with zero attached hydrogens (tertiary/aromatic N) is 3. The van der Waals surface area contributed by atoms with Crippen LogP contribution in [-0.4, -0.2) is 21.3 Å². The monoisotopic (exact) mass is 276 g/mol. The van der Waals surface area contributed by atoms with Crippen LogP contribution < -0.4 is 5.32 Å². The van der Waals surface area contributed by atoms with Gasteiger partial charge in [0.05, 0.1) is 0 Å². The van der Waals surface area contributed by atoms with Crippen LogP contribution in [0.4, 0.5) is 5.69 Å². The van der Waals surface area contributed by atoms with E-state index in [1.807, 2.05) is 22.8 Å². The van der Waals surface area contributed by atoms with Crippen LogP contribution in [0.3, 0.4) is 0 Å². The molecule has 0 amide bonds. The van der Waals surface area contributed by atoms with Crippen LogP contribution in [0.2, 0.25) is 0 Å². The number of rotatable bonds is 2. The fourth-order valence-corrected chi connectivity index (χ4v) is 2.92. The van der Waals surface area contributed by atoms with Gasteiger partial charge in [0.25, 0.3) is 0 Å². The zero-order chi connectivity index (χ0) is 14.1. The van der Waals surface area contributed by atoms with E-state index in [4.69, 9.17) is 0 Å². The Labute approximate surface area is 123 Å². The van der Waals surface area contributed by atoms with Gasteiger partial charge in [0.2, 0.25) is 0 Å². The summed E-state index contributed by atoms with van der Waals surface area (Å²) >= 11 is 0. The third-order valence-corrected chi connectivity index (χ3v) is 3.92. The van der Waals surface area contributed by atoms with Gasteiger partial charge in [0.1, 0.15) is 6.33 Å². The number of para-hydroxylation sites is 1. The van der Waals surface area contributed by atoms with Crippen molar-refractivity contribution in [3.63, 3.8) is 0 Å². The molecule has 0 spiro atoms. The number of hydrogen-bond acceptors (Lipinski definition) is 3. The third kappa shape index (κ3) is 2.09. The zero-order valence-corrected chi connectivity index (χ0v) is 11.7.